The molecule has 0 saturated carbocycles. The second kappa shape index (κ2) is 6.91. The predicted octanol–water partition coefficient (Wildman–Crippen LogP) is 2.48. The van der Waals surface area contributed by atoms with E-state index in [2.05, 4.69) is 22.5 Å². The minimum atomic E-state index is -0.187. The van der Waals surface area contributed by atoms with Crippen LogP contribution in [0.1, 0.15) is 28.6 Å². The van der Waals surface area contributed by atoms with E-state index >= 15 is 0 Å². The molecule has 0 unspecified atom stereocenters. The van der Waals surface area contributed by atoms with Crippen LogP contribution < -0.4 is 16.4 Å². The van der Waals surface area contributed by atoms with Crippen molar-refractivity contribution in [1.29, 1.82) is 0 Å². The zero-order chi connectivity index (χ0) is 14.4. The van der Waals surface area contributed by atoms with Crippen LogP contribution in [-0.4, -0.2) is 17.4 Å². The molecule has 0 aliphatic rings. The Bertz CT molecular complexity index is 568. The van der Waals surface area contributed by atoms with Gasteiger partial charge in [-0.05, 0) is 12.0 Å². The van der Waals surface area contributed by atoms with Crippen molar-refractivity contribution in [2.45, 2.75) is 19.9 Å². The van der Waals surface area contributed by atoms with Crippen LogP contribution in [0, 0.1) is 0 Å². The first kappa shape index (κ1) is 14.3. The number of benzene rings is 1. The molecule has 0 aliphatic heterocycles. The second-order valence-corrected chi connectivity index (χ2v) is 5.33. The topological polar surface area (TPSA) is 80.0 Å². The highest BCUT2D eigenvalue weighted by molar-refractivity contribution is 7.18. The number of nitrogens with one attached hydrogen (secondary N) is 2. The Hall–Kier alpha value is -2.08. The first-order valence-electron chi connectivity index (χ1n) is 6.53. The van der Waals surface area contributed by atoms with E-state index in [1.54, 1.807) is 0 Å². The molecule has 0 fully saturated rings. The highest BCUT2D eigenvalue weighted by Crippen LogP contribution is 2.24. The standard InChI is InChI=1S/C14H18N4OS/c1-2-8-16-14-18-12(15)11(20-14)13(19)17-9-10-6-4-3-5-7-10/h3-7H,2,8-9,15H2,1H3,(H,16,18)(H,17,19). The van der Waals surface area contributed by atoms with Crippen molar-refractivity contribution in [2.24, 2.45) is 0 Å². The van der Waals surface area contributed by atoms with Crippen molar-refractivity contribution in [3.63, 3.8) is 0 Å². The molecule has 0 radical (unpaired) electrons. The fraction of sp³-hybridized carbons (Fsp3) is 0.286. The highest BCUT2D eigenvalue weighted by Gasteiger charge is 2.15. The molecule has 2 aromatic rings. The average Bonchev–Trinajstić information content (AvgIpc) is 2.85. The van der Waals surface area contributed by atoms with Crippen molar-refractivity contribution in [3.05, 3.63) is 40.8 Å². The number of nitrogens with two attached hydrogens (primary N) is 1. The van der Waals surface area contributed by atoms with Crippen molar-refractivity contribution < 1.29 is 4.79 Å². The minimum absolute atomic E-state index is 0.187. The van der Waals surface area contributed by atoms with E-state index in [-0.39, 0.29) is 11.7 Å². The monoisotopic (exact) mass is 290 g/mol. The molecule has 4 N–H and O–H groups in total. The number of nitrogens with zero attached hydrogens (tertiary/aromatic N) is 1. The molecule has 0 aliphatic carbocycles. The van der Waals surface area contributed by atoms with Crippen LogP contribution in [0.2, 0.25) is 0 Å². The van der Waals surface area contributed by atoms with Gasteiger partial charge >= 0.3 is 0 Å². The predicted molar refractivity (Wildman–Crippen MR) is 82.9 cm³/mol. The van der Waals surface area contributed by atoms with Crippen LogP contribution in [0.5, 0.6) is 0 Å². The molecule has 20 heavy (non-hydrogen) atoms. The summed E-state index contributed by atoms with van der Waals surface area (Å²) < 4.78 is 0. The van der Waals surface area contributed by atoms with E-state index in [0.717, 1.165) is 18.5 Å². The number of rotatable bonds is 6. The number of carbonyl (C=O) groups excluding carboxylic acids is 1. The van der Waals surface area contributed by atoms with Crippen molar-refractivity contribution in [1.82, 2.24) is 10.3 Å². The van der Waals surface area contributed by atoms with E-state index < -0.39 is 0 Å². The number of thiazole rings is 1. The minimum Gasteiger partial charge on any atom is -0.382 e. The second-order valence-electron chi connectivity index (χ2n) is 4.33. The lowest BCUT2D eigenvalue weighted by Crippen LogP contribution is -2.22. The van der Waals surface area contributed by atoms with Gasteiger partial charge in [-0.3, -0.25) is 4.79 Å². The van der Waals surface area contributed by atoms with Gasteiger partial charge in [0.05, 0.1) is 0 Å². The van der Waals surface area contributed by atoms with Crippen LogP contribution in [-0.2, 0) is 6.54 Å². The molecule has 1 amide bonds. The maximum atomic E-state index is 12.1. The van der Waals surface area contributed by atoms with E-state index in [1.807, 2.05) is 30.3 Å². The summed E-state index contributed by atoms with van der Waals surface area (Å²) in [6, 6.07) is 9.75. The maximum Gasteiger partial charge on any atom is 0.265 e. The number of nitrogen functional groups attached to an aromatic ring is 1. The van der Waals surface area contributed by atoms with Crippen molar-refractivity contribution >= 4 is 28.2 Å². The summed E-state index contributed by atoms with van der Waals surface area (Å²) in [5.74, 6) is 0.0903. The van der Waals surface area contributed by atoms with Gasteiger partial charge in [0.1, 0.15) is 10.7 Å². The van der Waals surface area contributed by atoms with Gasteiger partial charge in [0.25, 0.3) is 5.91 Å². The van der Waals surface area contributed by atoms with E-state index in [9.17, 15) is 4.79 Å². The van der Waals surface area contributed by atoms with Crippen LogP contribution >= 0.6 is 11.3 Å². The number of aromatic nitrogens is 1. The lowest BCUT2D eigenvalue weighted by Gasteiger charge is -2.03. The smallest absolute Gasteiger partial charge is 0.265 e. The Morgan fingerprint density at radius 2 is 2.10 bits per heavy atom. The summed E-state index contributed by atoms with van der Waals surface area (Å²) in [6.07, 6.45) is 0.995. The van der Waals surface area contributed by atoms with Gasteiger partial charge in [-0.15, -0.1) is 0 Å². The molecule has 6 heteroatoms. The first-order valence-corrected chi connectivity index (χ1v) is 7.34. The maximum absolute atomic E-state index is 12.1. The summed E-state index contributed by atoms with van der Waals surface area (Å²) in [5, 5.41) is 6.67. The van der Waals surface area contributed by atoms with Gasteiger partial charge in [0.2, 0.25) is 0 Å². The quantitative estimate of drug-likeness (QED) is 0.763. The Balaban J connectivity index is 1.96. The Morgan fingerprint density at radius 1 is 1.35 bits per heavy atom. The fourth-order valence-corrected chi connectivity index (χ4v) is 2.49. The van der Waals surface area contributed by atoms with Gasteiger partial charge in [0.15, 0.2) is 5.13 Å². The SMILES string of the molecule is CCCNc1nc(N)c(C(=O)NCc2ccccc2)s1. The Kier molecular flexibility index (Phi) is 4.95. The van der Waals surface area contributed by atoms with Gasteiger partial charge in [-0.1, -0.05) is 48.6 Å². The molecule has 1 aromatic carbocycles. The molecule has 106 valence electrons. The molecule has 1 heterocycles. The van der Waals surface area contributed by atoms with Gasteiger partial charge < -0.3 is 16.4 Å². The number of carbonyl (C=O) groups is 1. The highest BCUT2D eigenvalue weighted by atomic mass is 32.1. The van der Waals surface area contributed by atoms with E-state index in [0.29, 0.717) is 16.6 Å². The summed E-state index contributed by atoms with van der Waals surface area (Å²) in [7, 11) is 0. The third-order valence-electron chi connectivity index (χ3n) is 2.68. The largest absolute Gasteiger partial charge is 0.382 e. The normalized spacial score (nSPS) is 10.2. The van der Waals surface area contributed by atoms with Gasteiger partial charge in [0, 0.05) is 13.1 Å². The van der Waals surface area contributed by atoms with Crippen LogP contribution in [0.15, 0.2) is 30.3 Å². The molecule has 2 rings (SSSR count). The fourth-order valence-electron chi connectivity index (χ4n) is 1.66. The Morgan fingerprint density at radius 3 is 2.80 bits per heavy atom. The summed E-state index contributed by atoms with van der Waals surface area (Å²) in [4.78, 5) is 16.7. The number of anilines is 2. The third kappa shape index (κ3) is 3.71. The molecular formula is C14H18N4OS. The first-order chi connectivity index (χ1) is 9.70. The third-order valence-corrected chi connectivity index (χ3v) is 3.71. The lowest BCUT2D eigenvalue weighted by atomic mass is 10.2. The van der Waals surface area contributed by atoms with Crippen LogP contribution in [0.4, 0.5) is 10.9 Å². The molecule has 0 spiro atoms. The number of hydrogen-bond acceptors (Lipinski definition) is 5. The zero-order valence-electron chi connectivity index (χ0n) is 11.3. The van der Waals surface area contributed by atoms with Crippen LogP contribution in [0.25, 0.3) is 0 Å². The summed E-state index contributed by atoms with van der Waals surface area (Å²) in [6.45, 7) is 3.37. The molecule has 0 atom stereocenters. The van der Waals surface area contributed by atoms with Crippen molar-refractivity contribution in [3.8, 4) is 0 Å². The molecule has 0 bridgehead atoms. The van der Waals surface area contributed by atoms with Gasteiger partial charge in [-0.2, -0.15) is 0 Å². The van der Waals surface area contributed by atoms with Crippen molar-refractivity contribution in [2.75, 3.05) is 17.6 Å². The molecule has 5 nitrogen and oxygen atoms in total. The van der Waals surface area contributed by atoms with Gasteiger partial charge in [-0.25, -0.2) is 4.98 Å². The Labute approximate surface area is 122 Å². The summed E-state index contributed by atoms with van der Waals surface area (Å²) in [5.41, 5.74) is 6.83. The number of amides is 1. The molecule has 0 saturated heterocycles. The summed E-state index contributed by atoms with van der Waals surface area (Å²) >= 11 is 1.28. The average molecular weight is 290 g/mol. The lowest BCUT2D eigenvalue weighted by molar-refractivity contribution is 0.0955. The number of hydrogen-bond donors (Lipinski definition) is 3. The zero-order valence-corrected chi connectivity index (χ0v) is 12.2. The molecular weight excluding hydrogens is 272 g/mol. The molecule has 1 aromatic heterocycles. The van der Waals surface area contributed by atoms with Crippen LogP contribution in [0.3, 0.4) is 0 Å². The van der Waals surface area contributed by atoms with E-state index in [1.165, 1.54) is 11.3 Å². The van der Waals surface area contributed by atoms with E-state index in [4.69, 9.17) is 5.73 Å².